The molecule has 102 valence electrons. The third-order valence-corrected chi connectivity index (χ3v) is 2.86. The van der Waals surface area contributed by atoms with Crippen molar-refractivity contribution in [3.05, 3.63) is 28.2 Å². The fourth-order valence-electron chi connectivity index (χ4n) is 1.45. The predicted molar refractivity (Wildman–Crippen MR) is 74.8 cm³/mol. The van der Waals surface area contributed by atoms with Gasteiger partial charge in [-0.1, -0.05) is 22.0 Å². The average molecular weight is 318 g/mol. The van der Waals surface area contributed by atoms with Gasteiger partial charge in [0.1, 0.15) is 12.4 Å². The smallest absolute Gasteiger partial charge is 0.125 e. The lowest BCUT2D eigenvalue weighted by molar-refractivity contribution is 0.0804. The molecule has 0 aromatic heterocycles. The third kappa shape index (κ3) is 5.82. The van der Waals surface area contributed by atoms with Gasteiger partial charge in [0, 0.05) is 36.9 Å². The molecule has 0 heterocycles. The Kier molecular flexibility index (Phi) is 8.00. The maximum absolute atomic E-state index is 5.65. The van der Waals surface area contributed by atoms with E-state index >= 15 is 0 Å². The molecule has 0 fully saturated rings. The van der Waals surface area contributed by atoms with E-state index in [1.807, 2.05) is 18.2 Å². The summed E-state index contributed by atoms with van der Waals surface area (Å²) in [6, 6.07) is 5.84. The quantitative estimate of drug-likeness (QED) is 0.710. The Morgan fingerprint density at radius 2 is 2.00 bits per heavy atom. The number of hydrogen-bond donors (Lipinski definition) is 1. The van der Waals surface area contributed by atoms with Crippen LogP contribution in [0.25, 0.3) is 0 Å². The highest BCUT2D eigenvalue weighted by molar-refractivity contribution is 9.10. The summed E-state index contributed by atoms with van der Waals surface area (Å²) < 4.78 is 17.0. The summed E-state index contributed by atoms with van der Waals surface area (Å²) in [4.78, 5) is 0. The van der Waals surface area contributed by atoms with E-state index in [4.69, 9.17) is 19.9 Å². The molecule has 1 aromatic rings. The summed E-state index contributed by atoms with van der Waals surface area (Å²) in [6.07, 6.45) is 0.904. The fourth-order valence-corrected chi connectivity index (χ4v) is 1.79. The Bertz CT molecular complexity index is 347. The number of methoxy groups -OCH3 is 1. The van der Waals surface area contributed by atoms with Gasteiger partial charge in [-0.05, 0) is 18.6 Å². The number of nitrogens with two attached hydrogens (primary N) is 1. The van der Waals surface area contributed by atoms with Crippen molar-refractivity contribution in [1.82, 2.24) is 0 Å². The molecule has 0 aliphatic heterocycles. The van der Waals surface area contributed by atoms with Gasteiger partial charge in [0.05, 0.1) is 6.61 Å². The summed E-state index contributed by atoms with van der Waals surface area (Å²) in [5, 5.41) is 0. The van der Waals surface area contributed by atoms with E-state index in [1.165, 1.54) is 0 Å². The summed E-state index contributed by atoms with van der Waals surface area (Å²) >= 11 is 3.41. The number of hydrogen-bond acceptors (Lipinski definition) is 4. The van der Waals surface area contributed by atoms with E-state index < -0.39 is 0 Å². The molecular formula is C13H20BrNO3. The lowest BCUT2D eigenvalue weighted by atomic mass is 10.2. The molecule has 0 unspecified atom stereocenters. The van der Waals surface area contributed by atoms with Gasteiger partial charge in [-0.3, -0.25) is 0 Å². The van der Waals surface area contributed by atoms with Crippen LogP contribution < -0.4 is 10.5 Å². The minimum absolute atomic E-state index is 0.470. The molecule has 2 N–H and O–H groups in total. The highest BCUT2D eigenvalue weighted by Crippen LogP contribution is 2.23. The Morgan fingerprint density at radius 3 is 2.72 bits per heavy atom. The molecule has 0 aliphatic rings. The lowest BCUT2D eigenvalue weighted by Crippen LogP contribution is -2.10. The minimum atomic E-state index is 0.470. The van der Waals surface area contributed by atoms with Gasteiger partial charge < -0.3 is 19.9 Å². The Labute approximate surface area is 117 Å². The highest BCUT2D eigenvalue weighted by Gasteiger charge is 2.02. The molecule has 0 saturated carbocycles. The van der Waals surface area contributed by atoms with Crippen LogP contribution in [0, 0.1) is 0 Å². The zero-order valence-corrected chi connectivity index (χ0v) is 12.2. The first kappa shape index (κ1) is 15.4. The number of benzene rings is 1. The molecule has 0 bridgehead atoms. The second kappa shape index (κ2) is 9.33. The van der Waals surface area contributed by atoms with Crippen LogP contribution in [-0.4, -0.2) is 33.5 Å². The van der Waals surface area contributed by atoms with Gasteiger partial charge in [-0.15, -0.1) is 0 Å². The second-order valence-electron chi connectivity index (χ2n) is 3.76. The van der Waals surface area contributed by atoms with Gasteiger partial charge >= 0.3 is 0 Å². The van der Waals surface area contributed by atoms with Crippen molar-refractivity contribution in [1.29, 1.82) is 0 Å². The van der Waals surface area contributed by atoms with Crippen molar-refractivity contribution in [2.45, 2.75) is 13.0 Å². The predicted octanol–water partition coefficient (Wildman–Crippen LogP) is 2.34. The van der Waals surface area contributed by atoms with Crippen molar-refractivity contribution in [3.63, 3.8) is 0 Å². The van der Waals surface area contributed by atoms with Crippen molar-refractivity contribution in [2.24, 2.45) is 5.73 Å². The van der Waals surface area contributed by atoms with E-state index in [9.17, 15) is 0 Å². The monoisotopic (exact) mass is 317 g/mol. The van der Waals surface area contributed by atoms with Crippen LogP contribution in [0.5, 0.6) is 5.75 Å². The van der Waals surface area contributed by atoms with Crippen LogP contribution >= 0.6 is 15.9 Å². The Morgan fingerprint density at radius 1 is 1.17 bits per heavy atom. The lowest BCUT2D eigenvalue weighted by Gasteiger charge is -2.11. The molecule has 1 aromatic carbocycles. The maximum Gasteiger partial charge on any atom is 0.125 e. The van der Waals surface area contributed by atoms with E-state index in [2.05, 4.69) is 15.9 Å². The van der Waals surface area contributed by atoms with Crippen LogP contribution in [0.4, 0.5) is 0 Å². The number of halogens is 1. The summed E-state index contributed by atoms with van der Waals surface area (Å²) in [5.41, 5.74) is 6.64. The van der Waals surface area contributed by atoms with Crippen molar-refractivity contribution < 1.29 is 14.2 Å². The maximum atomic E-state index is 5.65. The topological polar surface area (TPSA) is 53.7 Å². The van der Waals surface area contributed by atoms with Crippen LogP contribution in [0.15, 0.2) is 22.7 Å². The van der Waals surface area contributed by atoms with Gasteiger partial charge in [-0.2, -0.15) is 0 Å². The third-order valence-electron chi connectivity index (χ3n) is 2.37. The van der Waals surface area contributed by atoms with Gasteiger partial charge in [-0.25, -0.2) is 0 Å². The van der Waals surface area contributed by atoms with Crippen molar-refractivity contribution in [2.75, 3.05) is 33.5 Å². The first-order chi connectivity index (χ1) is 8.77. The fraction of sp³-hybridized carbons (Fsp3) is 0.538. The molecule has 18 heavy (non-hydrogen) atoms. The SMILES string of the molecule is COCCCOCCOc1cc(Br)ccc1CN. The average Bonchev–Trinajstić information content (AvgIpc) is 2.38. The first-order valence-corrected chi connectivity index (χ1v) is 6.75. The Hall–Kier alpha value is -0.620. The number of rotatable bonds is 9. The zero-order chi connectivity index (χ0) is 13.2. The van der Waals surface area contributed by atoms with Crippen molar-refractivity contribution >= 4 is 15.9 Å². The molecule has 4 nitrogen and oxygen atoms in total. The molecular weight excluding hydrogens is 298 g/mol. The van der Waals surface area contributed by atoms with Crippen LogP contribution in [0.3, 0.4) is 0 Å². The molecule has 0 spiro atoms. The molecule has 0 amide bonds. The largest absolute Gasteiger partial charge is 0.491 e. The van der Waals surface area contributed by atoms with Crippen LogP contribution in [0.1, 0.15) is 12.0 Å². The standard InChI is InChI=1S/C13H20BrNO3/c1-16-5-2-6-17-7-8-18-13-9-12(14)4-3-11(13)10-15/h3-4,9H,2,5-8,10,15H2,1H3. The molecule has 0 radical (unpaired) electrons. The van der Waals surface area contributed by atoms with E-state index in [-0.39, 0.29) is 0 Å². The van der Waals surface area contributed by atoms with Gasteiger partial charge in [0.25, 0.3) is 0 Å². The van der Waals surface area contributed by atoms with Crippen LogP contribution in [0.2, 0.25) is 0 Å². The Balaban J connectivity index is 2.24. The molecule has 0 saturated heterocycles. The first-order valence-electron chi connectivity index (χ1n) is 5.96. The minimum Gasteiger partial charge on any atom is -0.491 e. The van der Waals surface area contributed by atoms with E-state index in [1.54, 1.807) is 7.11 Å². The molecule has 0 atom stereocenters. The highest BCUT2D eigenvalue weighted by atomic mass is 79.9. The number of ether oxygens (including phenoxy) is 3. The molecule has 5 heteroatoms. The van der Waals surface area contributed by atoms with Crippen molar-refractivity contribution in [3.8, 4) is 5.75 Å². The normalized spacial score (nSPS) is 10.6. The zero-order valence-electron chi connectivity index (χ0n) is 10.7. The second-order valence-corrected chi connectivity index (χ2v) is 4.68. The van der Waals surface area contributed by atoms with Gasteiger partial charge in [0.15, 0.2) is 0 Å². The summed E-state index contributed by atoms with van der Waals surface area (Å²) in [7, 11) is 1.69. The molecule has 1 rings (SSSR count). The molecule has 0 aliphatic carbocycles. The van der Waals surface area contributed by atoms with Crippen LogP contribution in [-0.2, 0) is 16.0 Å². The summed E-state index contributed by atoms with van der Waals surface area (Å²) in [6.45, 7) is 2.98. The van der Waals surface area contributed by atoms with Gasteiger partial charge in [0.2, 0.25) is 0 Å². The summed E-state index contributed by atoms with van der Waals surface area (Å²) in [5.74, 6) is 0.812. The van der Waals surface area contributed by atoms with E-state index in [0.717, 1.165) is 28.8 Å². The van der Waals surface area contributed by atoms with E-state index in [0.29, 0.717) is 26.4 Å².